The van der Waals surface area contributed by atoms with Gasteiger partial charge in [-0.05, 0) is 36.4 Å². The second-order valence-electron chi connectivity index (χ2n) is 6.31. The highest BCUT2D eigenvalue weighted by Gasteiger charge is 2.53. The van der Waals surface area contributed by atoms with Gasteiger partial charge in [0, 0.05) is 30.7 Å². The quantitative estimate of drug-likeness (QED) is 0.796. The lowest BCUT2D eigenvalue weighted by molar-refractivity contribution is -0.138. The molecule has 2 aromatic rings. The first-order valence-electron chi connectivity index (χ1n) is 7.88. The zero-order chi connectivity index (χ0) is 15.9. The number of carbonyl (C=O) groups excluding carboxylic acids is 2. The Kier molecular flexibility index (Phi) is 3.45. The molecule has 0 saturated carbocycles. The normalized spacial score (nSPS) is 19.7. The van der Waals surface area contributed by atoms with Crippen molar-refractivity contribution in [3.05, 3.63) is 52.7 Å². The van der Waals surface area contributed by atoms with Crippen molar-refractivity contribution in [1.29, 1.82) is 0 Å². The maximum Gasteiger partial charge on any atom is 0.254 e. The number of hydrogen-bond acceptors (Lipinski definition) is 3. The molecule has 1 aromatic heterocycles. The third-order valence-corrected chi connectivity index (χ3v) is 5.69. The fourth-order valence-corrected chi connectivity index (χ4v) is 4.16. The van der Waals surface area contributed by atoms with Crippen molar-refractivity contribution in [2.75, 3.05) is 24.5 Å². The number of hydrogen-bond donors (Lipinski definition) is 0. The molecule has 0 atom stereocenters. The fraction of sp³-hybridized carbons (Fsp3) is 0.333. The van der Waals surface area contributed by atoms with Crippen molar-refractivity contribution in [2.24, 2.45) is 5.41 Å². The molecular weight excluding hydrogens is 308 g/mol. The molecule has 23 heavy (non-hydrogen) atoms. The van der Waals surface area contributed by atoms with Crippen molar-refractivity contribution < 1.29 is 9.59 Å². The number of likely N-dealkylation sites (tertiary alicyclic amines) is 1. The summed E-state index contributed by atoms with van der Waals surface area (Å²) in [5, 5.41) is 3.81. The predicted octanol–water partition coefficient (Wildman–Crippen LogP) is 3.02. The molecular formula is C18H18N2O2S. The van der Waals surface area contributed by atoms with E-state index in [9.17, 15) is 9.59 Å². The van der Waals surface area contributed by atoms with Gasteiger partial charge >= 0.3 is 0 Å². The van der Waals surface area contributed by atoms with Crippen LogP contribution < -0.4 is 4.90 Å². The van der Waals surface area contributed by atoms with Gasteiger partial charge < -0.3 is 9.80 Å². The maximum absolute atomic E-state index is 12.7. The van der Waals surface area contributed by atoms with Crippen LogP contribution in [0.5, 0.6) is 0 Å². The smallest absolute Gasteiger partial charge is 0.254 e. The van der Waals surface area contributed by atoms with Crippen LogP contribution in [0.4, 0.5) is 5.69 Å². The van der Waals surface area contributed by atoms with E-state index >= 15 is 0 Å². The topological polar surface area (TPSA) is 40.6 Å². The van der Waals surface area contributed by atoms with Gasteiger partial charge in [-0.2, -0.15) is 11.3 Å². The summed E-state index contributed by atoms with van der Waals surface area (Å²) in [6, 6.07) is 11.7. The van der Waals surface area contributed by atoms with Gasteiger partial charge in [0.1, 0.15) is 0 Å². The van der Waals surface area contributed by atoms with Crippen LogP contribution >= 0.6 is 11.3 Å². The summed E-state index contributed by atoms with van der Waals surface area (Å²) in [7, 11) is 0. The lowest BCUT2D eigenvalue weighted by Gasteiger charge is -2.52. The van der Waals surface area contributed by atoms with Crippen molar-refractivity contribution in [2.45, 2.75) is 12.8 Å². The van der Waals surface area contributed by atoms with E-state index in [1.165, 1.54) is 11.3 Å². The Bertz CT molecular complexity index is 719. The van der Waals surface area contributed by atoms with Crippen LogP contribution in [0.25, 0.3) is 0 Å². The van der Waals surface area contributed by atoms with Crippen LogP contribution in [0.15, 0.2) is 47.2 Å². The molecule has 0 radical (unpaired) electrons. The van der Waals surface area contributed by atoms with Crippen LogP contribution in [-0.2, 0) is 4.79 Å². The number of β-lactam (4-membered cyclic amide) rings is 1. The van der Waals surface area contributed by atoms with Crippen LogP contribution in [0, 0.1) is 5.41 Å². The Labute approximate surface area is 139 Å². The molecule has 2 aliphatic heterocycles. The maximum atomic E-state index is 12.7. The first-order valence-corrected chi connectivity index (χ1v) is 8.82. The molecule has 4 rings (SSSR count). The minimum absolute atomic E-state index is 0.0905. The Morgan fingerprint density at radius 3 is 2.43 bits per heavy atom. The summed E-state index contributed by atoms with van der Waals surface area (Å²) < 4.78 is 0. The van der Waals surface area contributed by atoms with E-state index in [0.717, 1.165) is 30.6 Å². The van der Waals surface area contributed by atoms with Gasteiger partial charge in [0.15, 0.2) is 0 Å². The number of nitrogens with zero attached hydrogens (tertiary/aromatic N) is 2. The van der Waals surface area contributed by atoms with E-state index < -0.39 is 0 Å². The van der Waals surface area contributed by atoms with E-state index in [2.05, 4.69) is 0 Å². The van der Waals surface area contributed by atoms with Crippen LogP contribution in [0.3, 0.4) is 0 Å². The third-order valence-electron chi connectivity index (χ3n) is 5.00. The van der Waals surface area contributed by atoms with Crippen LogP contribution in [0.1, 0.15) is 23.2 Å². The first kappa shape index (κ1) is 14.5. The summed E-state index contributed by atoms with van der Waals surface area (Å²) in [6.45, 7) is 2.11. The van der Waals surface area contributed by atoms with Crippen LogP contribution in [0.2, 0.25) is 0 Å². The van der Waals surface area contributed by atoms with Crippen molar-refractivity contribution in [1.82, 2.24) is 4.90 Å². The zero-order valence-corrected chi connectivity index (χ0v) is 13.6. The molecule has 2 amide bonds. The average Bonchev–Trinajstić information content (AvgIpc) is 3.14. The molecule has 5 heteroatoms. The molecule has 1 spiro atoms. The number of rotatable bonds is 2. The summed E-state index contributed by atoms with van der Waals surface area (Å²) >= 11 is 1.54. The van der Waals surface area contributed by atoms with Gasteiger partial charge in [-0.3, -0.25) is 9.59 Å². The fourth-order valence-electron chi connectivity index (χ4n) is 3.53. The van der Waals surface area contributed by atoms with Gasteiger partial charge in [0.25, 0.3) is 5.91 Å². The molecule has 1 aromatic carbocycles. The van der Waals surface area contributed by atoms with Crippen LogP contribution in [-0.4, -0.2) is 36.3 Å². The van der Waals surface area contributed by atoms with Gasteiger partial charge in [0.2, 0.25) is 5.91 Å². The third kappa shape index (κ3) is 2.36. The second kappa shape index (κ2) is 5.49. The molecule has 3 heterocycles. The van der Waals surface area contributed by atoms with Crippen molar-refractivity contribution in [3.63, 3.8) is 0 Å². The zero-order valence-electron chi connectivity index (χ0n) is 12.8. The Balaban J connectivity index is 1.41. The molecule has 2 saturated heterocycles. The molecule has 0 unspecified atom stereocenters. The highest BCUT2D eigenvalue weighted by Crippen LogP contribution is 2.44. The highest BCUT2D eigenvalue weighted by molar-refractivity contribution is 7.08. The van der Waals surface area contributed by atoms with E-state index in [4.69, 9.17) is 0 Å². The lowest BCUT2D eigenvalue weighted by Crippen LogP contribution is -2.65. The first-order chi connectivity index (χ1) is 11.2. The van der Waals surface area contributed by atoms with Gasteiger partial charge in [-0.15, -0.1) is 0 Å². The Morgan fingerprint density at radius 2 is 1.83 bits per heavy atom. The molecule has 0 aliphatic carbocycles. The molecule has 0 bridgehead atoms. The summed E-state index contributed by atoms with van der Waals surface area (Å²) in [5.41, 5.74) is 1.48. The van der Waals surface area contributed by atoms with E-state index in [-0.39, 0.29) is 17.2 Å². The molecule has 118 valence electrons. The minimum atomic E-state index is -0.249. The molecule has 0 N–H and O–H groups in total. The lowest BCUT2D eigenvalue weighted by atomic mass is 9.70. The number of amides is 2. The number of benzene rings is 1. The minimum Gasteiger partial charge on any atom is -0.339 e. The summed E-state index contributed by atoms with van der Waals surface area (Å²) in [6.07, 6.45) is 1.54. The van der Waals surface area contributed by atoms with Gasteiger partial charge in [0.05, 0.1) is 11.0 Å². The average molecular weight is 326 g/mol. The van der Waals surface area contributed by atoms with Gasteiger partial charge in [-0.1, -0.05) is 18.2 Å². The van der Waals surface area contributed by atoms with Crippen molar-refractivity contribution >= 4 is 28.8 Å². The Morgan fingerprint density at radius 1 is 1.09 bits per heavy atom. The number of carbonyl (C=O) groups is 2. The predicted molar refractivity (Wildman–Crippen MR) is 90.7 cm³/mol. The number of anilines is 1. The van der Waals surface area contributed by atoms with Crippen molar-refractivity contribution in [3.8, 4) is 0 Å². The second-order valence-corrected chi connectivity index (χ2v) is 7.09. The number of piperidine rings is 1. The number of para-hydroxylation sites is 1. The Hall–Kier alpha value is -2.14. The number of thiophene rings is 1. The molecule has 2 fully saturated rings. The van der Waals surface area contributed by atoms with E-state index in [1.807, 2.05) is 57.0 Å². The summed E-state index contributed by atoms with van der Waals surface area (Å²) in [4.78, 5) is 28.8. The standard InChI is InChI=1S/C18H18N2O2S/c21-16(14-6-11-23-12-14)19-9-7-18(8-10-19)13-20(17(18)22)15-4-2-1-3-5-15/h1-6,11-12H,7-10,13H2. The van der Waals surface area contributed by atoms with E-state index in [1.54, 1.807) is 0 Å². The van der Waals surface area contributed by atoms with E-state index in [0.29, 0.717) is 13.1 Å². The molecule has 2 aliphatic rings. The SMILES string of the molecule is O=C(c1ccsc1)N1CCC2(CC1)CN(c1ccccc1)C2=O. The molecule has 4 nitrogen and oxygen atoms in total. The van der Waals surface area contributed by atoms with Gasteiger partial charge in [-0.25, -0.2) is 0 Å². The largest absolute Gasteiger partial charge is 0.339 e. The monoisotopic (exact) mass is 326 g/mol. The highest BCUT2D eigenvalue weighted by atomic mass is 32.1. The summed E-state index contributed by atoms with van der Waals surface area (Å²) in [5.74, 6) is 0.305.